The molecule has 100 valence electrons. The second-order valence-electron chi connectivity index (χ2n) is 4.34. The van der Waals surface area contributed by atoms with Crippen molar-refractivity contribution >= 4 is 26.9 Å². The van der Waals surface area contributed by atoms with Crippen molar-refractivity contribution in [2.75, 3.05) is 0 Å². The van der Waals surface area contributed by atoms with Gasteiger partial charge in [-0.3, -0.25) is 4.79 Å². The van der Waals surface area contributed by atoms with Gasteiger partial charge in [-0.2, -0.15) is 0 Å². The van der Waals surface area contributed by atoms with Crippen LogP contribution < -0.4 is 5.43 Å². The lowest BCUT2D eigenvalue weighted by Crippen LogP contribution is -2.09. The van der Waals surface area contributed by atoms with Crippen LogP contribution in [-0.4, -0.2) is 0 Å². The number of alkyl halides is 1. The molecule has 3 aromatic rings. The molecule has 0 aliphatic carbocycles. The zero-order valence-corrected chi connectivity index (χ0v) is 12.0. The fourth-order valence-corrected chi connectivity index (χ4v) is 2.61. The van der Waals surface area contributed by atoms with E-state index in [0.717, 1.165) is 0 Å². The Balaban J connectivity index is 2.43. The van der Waals surface area contributed by atoms with Crippen molar-refractivity contribution in [2.24, 2.45) is 0 Å². The summed E-state index contributed by atoms with van der Waals surface area (Å²) >= 11 is 3.30. The molecule has 0 amide bonds. The molecule has 0 atom stereocenters. The van der Waals surface area contributed by atoms with Crippen molar-refractivity contribution in [3.8, 4) is 11.1 Å². The summed E-state index contributed by atoms with van der Waals surface area (Å²) in [5.74, 6) is -0.00363. The summed E-state index contributed by atoms with van der Waals surface area (Å²) in [7, 11) is 0. The molecule has 0 aliphatic heterocycles. The minimum atomic E-state index is -0.433. The Morgan fingerprint density at radius 2 is 1.75 bits per heavy atom. The largest absolute Gasteiger partial charge is 0.459 e. The van der Waals surface area contributed by atoms with Gasteiger partial charge in [-0.25, -0.2) is 4.39 Å². The fraction of sp³-hybridized carbons (Fsp3) is 0.0625. The van der Waals surface area contributed by atoms with Gasteiger partial charge in [0.15, 0.2) is 0 Å². The van der Waals surface area contributed by atoms with E-state index in [4.69, 9.17) is 4.42 Å². The van der Waals surface area contributed by atoms with Crippen molar-refractivity contribution in [1.29, 1.82) is 0 Å². The van der Waals surface area contributed by atoms with E-state index in [-0.39, 0.29) is 16.6 Å². The molecule has 0 saturated heterocycles. The van der Waals surface area contributed by atoms with Crippen LogP contribution in [0.25, 0.3) is 22.1 Å². The Hall–Kier alpha value is -1.94. The highest BCUT2D eigenvalue weighted by Gasteiger charge is 2.17. The van der Waals surface area contributed by atoms with E-state index in [9.17, 15) is 9.18 Å². The van der Waals surface area contributed by atoms with Gasteiger partial charge in [0.1, 0.15) is 17.2 Å². The molecule has 2 aromatic carbocycles. The quantitative estimate of drug-likeness (QED) is 0.647. The Kier molecular flexibility index (Phi) is 3.40. The Morgan fingerprint density at radius 1 is 1.05 bits per heavy atom. The molecule has 0 saturated carbocycles. The summed E-state index contributed by atoms with van der Waals surface area (Å²) in [6.45, 7) is 0. The lowest BCUT2D eigenvalue weighted by atomic mass is 10.0. The Labute approximate surface area is 123 Å². The molecule has 4 heteroatoms. The second kappa shape index (κ2) is 5.21. The predicted molar refractivity (Wildman–Crippen MR) is 80.5 cm³/mol. The SMILES string of the molecule is O=c1c(-c2ccccc2F)c(CBr)oc2ccccc12. The van der Waals surface area contributed by atoms with Crippen LogP contribution in [0.2, 0.25) is 0 Å². The molecule has 3 rings (SSSR count). The first kappa shape index (κ1) is 13.1. The van der Waals surface area contributed by atoms with Gasteiger partial charge in [0, 0.05) is 5.56 Å². The lowest BCUT2D eigenvalue weighted by Gasteiger charge is -2.08. The summed E-state index contributed by atoms with van der Waals surface area (Å²) in [4.78, 5) is 12.6. The van der Waals surface area contributed by atoms with Crippen LogP contribution in [0.4, 0.5) is 4.39 Å². The number of fused-ring (bicyclic) bond motifs is 1. The van der Waals surface area contributed by atoms with Crippen LogP contribution in [-0.2, 0) is 5.33 Å². The van der Waals surface area contributed by atoms with E-state index >= 15 is 0 Å². The van der Waals surface area contributed by atoms with E-state index in [1.54, 1.807) is 42.5 Å². The standard InChI is InChI=1S/C16H10BrFO2/c17-9-14-15(10-5-1-3-7-12(10)18)16(19)11-6-2-4-8-13(11)20-14/h1-8H,9H2. The molecule has 1 heterocycles. The van der Waals surface area contributed by atoms with E-state index in [0.29, 0.717) is 22.1 Å². The van der Waals surface area contributed by atoms with E-state index in [1.807, 2.05) is 0 Å². The van der Waals surface area contributed by atoms with Crippen LogP contribution in [0.15, 0.2) is 57.7 Å². The maximum Gasteiger partial charge on any atom is 0.200 e. The van der Waals surface area contributed by atoms with Crippen LogP contribution in [0.3, 0.4) is 0 Å². The third kappa shape index (κ3) is 2.06. The van der Waals surface area contributed by atoms with E-state index in [2.05, 4.69) is 15.9 Å². The topological polar surface area (TPSA) is 30.2 Å². The molecule has 20 heavy (non-hydrogen) atoms. The number of rotatable bonds is 2. The van der Waals surface area contributed by atoms with Crippen LogP contribution in [0.5, 0.6) is 0 Å². The third-order valence-corrected chi connectivity index (χ3v) is 3.64. The average Bonchev–Trinajstić information content (AvgIpc) is 2.48. The van der Waals surface area contributed by atoms with Crippen LogP contribution in [0.1, 0.15) is 5.76 Å². The third-order valence-electron chi connectivity index (χ3n) is 3.14. The number of hydrogen-bond acceptors (Lipinski definition) is 2. The van der Waals surface area contributed by atoms with E-state index < -0.39 is 5.82 Å². The monoisotopic (exact) mass is 332 g/mol. The predicted octanol–water partition coefficient (Wildman–Crippen LogP) is 4.49. The van der Waals surface area contributed by atoms with Gasteiger partial charge in [0.25, 0.3) is 0 Å². The second-order valence-corrected chi connectivity index (χ2v) is 4.90. The van der Waals surface area contributed by atoms with Gasteiger partial charge in [-0.05, 0) is 18.2 Å². The smallest absolute Gasteiger partial charge is 0.200 e. The lowest BCUT2D eigenvalue weighted by molar-refractivity contribution is 0.562. The minimum absolute atomic E-state index is 0.216. The molecule has 0 radical (unpaired) electrons. The molecule has 0 fully saturated rings. The molecular formula is C16H10BrFO2. The molecule has 0 bridgehead atoms. The summed E-state index contributed by atoms with van der Waals surface area (Å²) in [5, 5.41) is 0.798. The summed E-state index contributed by atoms with van der Waals surface area (Å²) in [6.07, 6.45) is 0. The first-order valence-corrected chi connectivity index (χ1v) is 7.20. The van der Waals surface area contributed by atoms with Gasteiger partial charge >= 0.3 is 0 Å². The fourth-order valence-electron chi connectivity index (χ4n) is 2.22. The first-order valence-electron chi connectivity index (χ1n) is 6.08. The van der Waals surface area contributed by atoms with Gasteiger partial charge in [-0.1, -0.05) is 46.3 Å². The maximum absolute atomic E-state index is 14.0. The molecule has 2 nitrogen and oxygen atoms in total. The average molecular weight is 333 g/mol. The summed E-state index contributed by atoms with van der Waals surface area (Å²) in [5.41, 5.74) is 0.832. The normalized spacial score (nSPS) is 10.9. The van der Waals surface area contributed by atoms with Crippen LogP contribution >= 0.6 is 15.9 Å². The van der Waals surface area contributed by atoms with E-state index in [1.165, 1.54) is 6.07 Å². The molecular weight excluding hydrogens is 323 g/mol. The Morgan fingerprint density at radius 3 is 2.50 bits per heavy atom. The number of benzene rings is 2. The molecule has 0 N–H and O–H groups in total. The van der Waals surface area contributed by atoms with Gasteiger partial charge in [-0.15, -0.1) is 0 Å². The number of para-hydroxylation sites is 1. The van der Waals surface area contributed by atoms with Crippen molar-refractivity contribution in [3.05, 3.63) is 70.3 Å². The zero-order valence-electron chi connectivity index (χ0n) is 10.4. The van der Waals surface area contributed by atoms with Gasteiger partial charge in [0.2, 0.25) is 5.43 Å². The highest BCUT2D eigenvalue weighted by molar-refractivity contribution is 9.08. The number of hydrogen-bond donors (Lipinski definition) is 0. The molecule has 0 spiro atoms. The zero-order chi connectivity index (χ0) is 14.1. The first-order chi connectivity index (χ1) is 9.72. The molecule has 1 aromatic heterocycles. The van der Waals surface area contributed by atoms with Crippen molar-refractivity contribution < 1.29 is 8.81 Å². The summed E-state index contributed by atoms with van der Waals surface area (Å²) in [6, 6.07) is 13.2. The number of halogens is 2. The highest BCUT2D eigenvalue weighted by Crippen LogP contribution is 2.27. The molecule has 0 unspecified atom stereocenters. The van der Waals surface area contributed by atoms with Gasteiger partial charge < -0.3 is 4.42 Å². The maximum atomic E-state index is 14.0. The van der Waals surface area contributed by atoms with Gasteiger partial charge in [0.05, 0.1) is 16.3 Å². The van der Waals surface area contributed by atoms with Crippen molar-refractivity contribution in [2.45, 2.75) is 5.33 Å². The minimum Gasteiger partial charge on any atom is -0.459 e. The highest BCUT2D eigenvalue weighted by atomic mass is 79.9. The van der Waals surface area contributed by atoms with Crippen molar-refractivity contribution in [3.63, 3.8) is 0 Å². The van der Waals surface area contributed by atoms with Crippen molar-refractivity contribution in [1.82, 2.24) is 0 Å². The Bertz CT molecular complexity index is 839. The van der Waals surface area contributed by atoms with Crippen LogP contribution in [0, 0.1) is 5.82 Å². The molecule has 0 aliphatic rings. The summed E-state index contributed by atoms with van der Waals surface area (Å²) < 4.78 is 19.7.